The van der Waals surface area contributed by atoms with Crippen molar-refractivity contribution >= 4 is 27.5 Å². The first kappa shape index (κ1) is 18.7. The molecule has 0 fully saturated rings. The number of nitrogens with zero attached hydrogens (tertiary/aromatic N) is 1. The molecule has 2 aromatic rings. The van der Waals surface area contributed by atoms with Crippen LogP contribution in [-0.2, 0) is 0 Å². The number of rotatable bonds is 7. The number of methoxy groups -OCH3 is 1. The number of anilines is 1. The van der Waals surface area contributed by atoms with Crippen LogP contribution in [0.3, 0.4) is 0 Å². The van der Waals surface area contributed by atoms with Crippen LogP contribution in [0.15, 0.2) is 40.9 Å². The molecular weight excluding hydrogens is 389 g/mol. The Hall–Kier alpha value is -2.59. The highest BCUT2D eigenvalue weighted by Crippen LogP contribution is 2.22. The molecule has 0 saturated heterocycles. The Kier molecular flexibility index (Phi) is 6.78. The van der Waals surface area contributed by atoms with E-state index in [-0.39, 0.29) is 11.5 Å². The van der Waals surface area contributed by atoms with Crippen LogP contribution in [0.1, 0.15) is 22.3 Å². The molecule has 2 N–H and O–H groups in total. The molecule has 0 aliphatic rings. The topological polar surface area (TPSA) is 74.2 Å². The van der Waals surface area contributed by atoms with E-state index in [0.29, 0.717) is 41.0 Å². The zero-order valence-corrected chi connectivity index (χ0v) is 15.2. The largest absolute Gasteiger partial charge is 0.497 e. The molecule has 0 heterocycles. The van der Waals surface area contributed by atoms with Crippen LogP contribution in [0, 0.1) is 17.1 Å². The molecule has 0 aliphatic heterocycles. The van der Waals surface area contributed by atoms with Gasteiger partial charge in [-0.25, -0.2) is 4.39 Å². The van der Waals surface area contributed by atoms with Gasteiger partial charge in [-0.05, 0) is 52.7 Å². The van der Waals surface area contributed by atoms with Crippen molar-refractivity contribution in [2.24, 2.45) is 0 Å². The van der Waals surface area contributed by atoms with Gasteiger partial charge in [0, 0.05) is 17.6 Å². The highest BCUT2D eigenvalue weighted by atomic mass is 79.9. The highest BCUT2D eigenvalue weighted by Gasteiger charge is 2.11. The minimum Gasteiger partial charge on any atom is -0.497 e. The van der Waals surface area contributed by atoms with Gasteiger partial charge in [-0.15, -0.1) is 0 Å². The van der Waals surface area contributed by atoms with E-state index < -0.39 is 5.82 Å². The molecule has 25 heavy (non-hydrogen) atoms. The van der Waals surface area contributed by atoms with E-state index in [1.807, 2.05) is 6.07 Å². The van der Waals surface area contributed by atoms with Gasteiger partial charge in [-0.1, -0.05) is 6.07 Å². The summed E-state index contributed by atoms with van der Waals surface area (Å²) in [4.78, 5) is 12.2. The minimum atomic E-state index is -0.552. The summed E-state index contributed by atoms with van der Waals surface area (Å²) < 4.78 is 19.3. The third-order valence-corrected chi connectivity index (χ3v) is 4.19. The summed E-state index contributed by atoms with van der Waals surface area (Å²) in [5, 5.41) is 14.8. The lowest BCUT2D eigenvalue weighted by atomic mass is 10.2. The van der Waals surface area contributed by atoms with Crippen molar-refractivity contribution in [3.05, 3.63) is 57.8 Å². The minimum absolute atomic E-state index is 0.00755. The average molecular weight is 406 g/mol. The van der Waals surface area contributed by atoms with Crippen molar-refractivity contribution in [1.82, 2.24) is 5.32 Å². The van der Waals surface area contributed by atoms with Crippen LogP contribution in [-0.4, -0.2) is 26.1 Å². The van der Waals surface area contributed by atoms with Crippen molar-refractivity contribution < 1.29 is 13.9 Å². The maximum Gasteiger partial charge on any atom is 0.252 e. The van der Waals surface area contributed by atoms with Crippen LogP contribution < -0.4 is 15.4 Å². The second-order valence-corrected chi connectivity index (χ2v) is 6.01. The smallest absolute Gasteiger partial charge is 0.252 e. The summed E-state index contributed by atoms with van der Waals surface area (Å²) in [7, 11) is 1.54. The maximum atomic E-state index is 13.5. The fourth-order valence-corrected chi connectivity index (χ4v) is 2.63. The van der Waals surface area contributed by atoms with Gasteiger partial charge in [0.25, 0.3) is 5.91 Å². The van der Waals surface area contributed by atoms with Crippen LogP contribution in [0.5, 0.6) is 5.75 Å². The summed E-state index contributed by atoms with van der Waals surface area (Å²) in [6.07, 6.45) is 0.620. The Bertz CT molecular complexity index is 805. The van der Waals surface area contributed by atoms with E-state index in [1.54, 1.807) is 37.4 Å². The normalized spacial score (nSPS) is 10.0. The SMILES string of the molecule is COc1ccc(Br)c(C(=O)NCCCNc2cccc(F)c2C#N)c1. The van der Waals surface area contributed by atoms with Crippen molar-refractivity contribution in [2.75, 3.05) is 25.5 Å². The number of nitrogens with one attached hydrogen (secondary N) is 2. The molecule has 0 bridgehead atoms. The lowest BCUT2D eigenvalue weighted by Crippen LogP contribution is -2.26. The third kappa shape index (κ3) is 4.94. The predicted octanol–water partition coefficient (Wildman–Crippen LogP) is 3.70. The molecular formula is C18H17BrFN3O2. The number of nitriles is 1. The zero-order valence-electron chi connectivity index (χ0n) is 13.6. The first-order valence-electron chi connectivity index (χ1n) is 7.61. The molecule has 5 nitrogen and oxygen atoms in total. The number of hydrogen-bond donors (Lipinski definition) is 2. The number of halogens is 2. The maximum absolute atomic E-state index is 13.5. The van der Waals surface area contributed by atoms with Crippen molar-refractivity contribution in [1.29, 1.82) is 5.26 Å². The van der Waals surface area contributed by atoms with Gasteiger partial charge in [0.05, 0.1) is 18.4 Å². The standard InChI is InChI=1S/C18H17BrFN3O2/c1-25-12-6-7-15(19)13(10-12)18(24)23-9-3-8-22-17-5-2-4-16(20)14(17)11-21/h2,4-7,10,22H,3,8-9H2,1H3,(H,23,24). The van der Waals surface area contributed by atoms with Gasteiger partial charge >= 0.3 is 0 Å². The summed E-state index contributed by atoms with van der Waals surface area (Å²) in [5.74, 6) is -0.164. The number of benzene rings is 2. The molecule has 0 aromatic heterocycles. The molecule has 0 aliphatic carbocycles. The monoisotopic (exact) mass is 405 g/mol. The number of carbonyl (C=O) groups is 1. The van der Waals surface area contributed by atoms with E-state index in [9.17, 15) is 9.18 Å². The molecule has 0 spiro atoms. The Balaban J connectivity index is 1.83. The van der Waals surface area contributed by atoms with Gasteiger partial charge < -0.3 is 15.4 Å². The lowest BCUT2D eigenvalue weighted by molar-refractivity contribution is 0.0952. The molecule has 130 valence electrons. The van der Waals surface area contributed by atoms with Crippen molar-refractivity contribution in [3.8, 4) is 11.8 Å². The second kappa shape index (κ2) is 9.04. The average Bonchev–Trinajstić information content (AvgIpc) is 2.61. The van der Waals surface area contributed by atoms with Crippen LogP contribution in [0.25, 0.3) is 0 Å². The van der Waals surface area contributed by atoms with Gasteiger partial charge in [-0.2, -0.15) is 5.26 Å². The first-order valence-corrected chi connectivity index (χ1v) is 8.40. The Morgan fingerprint density at radius 3 is 2.84 bits per heavy atom. The quantitative estimate of drug-likeness (QED) is 0.688. The highest BCUT2D eigenvalue weighted by molar-refractivity contribution is 9.10. The van der Waals surface area contributed by atoms with Crippen LogP contribution in [0.4, 0.5) is 10.1 Å². The van der Waals surface area contributed by atoms with E-state index in [2.05, 4.69) is 26.6 Å². The molecule has 0 unspecified atom stereocenters. The zero-order chi connectivity index (χ0) is 18.2. The molecule has 0 atom stereocenters. The van der Waals surface area contributed by atoms with Gasteiger partial charge in [0.15, 0.2) is 0 Å². The molecule has 2 rings (SSSR count). The summed E-state index contributed by atoms with van der Waals surface area (Å²) >= 11 is 3.34. The van der Waals surface area contributed by atoms with Crippen molar-refractivity contribution in [3.63, 3.8) is 0 Å². The Morgan fingerprint density at radius 1 is 1.32 bits per heavy atom. The fourth-order valence-electron chi connectivity index (χ4n) is 2.20. The van der Waals surface area contributed by atoms with Crippen molar-refractivity contribution in [2.45, 2.75) is 6.42 Å². The van der Waals surface area contributed by atoms with E-state index in [0.717, 1.165) is 0 Å². The molecule has 2 aromatic carbocycles. The number of amides is 1. The van der Waals surface area contributed by atoms with Gasteiger partial charge in [0.1, 0.15) is 23.2 Å². The van der Waals surface area contributed by atoms with Crippen LogP contribution >= 0.6 is 15.9 Å². The number of hydrogen-bond acceptors (Lipinski definition) is 4. The van der Waals surface area contributed by atoms with E-state index in [1.165, 1.54) is 6.07 Å². The number of ether oxygens (including phenoxy) is 1. The van der Waals surface area contributed by atoms with Gasteiger partial charge in [0.2, 0.25) is 0 Å². The first-order chi connectivity index (χ1) is 12.1. The van der Waals surface area contributed by atoms with E-state index in [4.69, 9.17) is 10.00 Å². The van der Waals surface area contributed by atoms with E-state index >= 15 is 0 Å². The fraction of sp³-hybridized carbons (Fsp3) is 0.222. The van der Waals surface area contributed by atoms with Crippen LogP contribution in [0.2, 0.25) is 0 Å². The Labute approximate surface area is 153 Å². The molecule has 7 heteroatoms. The predicted molar refractivity (Wildman–Crippen MR) is 97.2 cm³/mol. The number of carbonyl (C=O) groups excluding carboxylic acids is 1. The lowest BCUT2D eigenvalue weighted by Gasteiger charge is -2.10. The molecule has 0 radical (unpaired) electrons. The van der Waals surface area contributed by atoms with Gasteiger partial charge in [-0.3, -0.25) is 4.79 Å². The molecule has 1 amide bonds. The summed E-state index contributed by atoms with van der Waals surface area (Å²) in [6.45, 7) is 0.935. The second-order valence-electron chi connectivity index (χ2n) is 5.16. The third-order valence-electron chi connectivity index (χ3n) is 3.50. The summed E-state index contributed by atoms with van der Waals surface area (Å²) in [6, 6.07) is 11.4. The molecule has 0 saturated carbocycles. The summed E-state index contributed by atoms with van der Waals surface area (Å²) in [5.41, 5.74) is 0.931. The Morgan fingerprint density at radius 2 is 2.12 bits per heavy atom.